The first-order valence-corrected chi connectivity index (χ1v) is 6.16. The van der Waals surface area contributed by atoms with Crippen molar-refractivity contribution in [2.45, 2.75) is 0 Å². The summed E-state index contributed by atoms with van der Waals surface area (Å²) in [5.41, 5.74) is 2.10. The Bertz CT molecular complexity index is 581. The molecule has 0 bridgehead atoms. The number of fused-ring (bicyclic) bond motifs is 1. The van der Waals surface area contributed by atoms with Gasteiger partial charge in [0.25, 0.3) is 0 Å². The van der Waals surface area contributed by atoms with Gasteiger partial charge in [0.1, 0.15) is 0 Å². The maximum atomic E-state index is 4.23. The van der Waals surface area contributed by atoms with Gasteiger partial charge in [-0.1, -0.05) is 24.3 Å². The van der Waals surface area contributed by atoms with E-state index >= 15 is 0 Å². The van der Waals surface area contributed by atoms with E-state index in [-0.39, 0.29) is 0 Å². The summed E-state index contributed by atoms with van der Waals surface area (Å²) >= 11 is 0. The van der Waals surface area contributed by atoms with Crippen molar-refractivity contribution in [3.05, 3.63) is 72.4 Å². The standard InChI is InChI=1S/C15H14N4/c1(2-6-15-7-3-4-9-16-15)5-14-8-11-19-17-10-12-18(19)13-14/h1-11,13H,12H2. The molecule has 4 heteroatoms. The number of aromatic nitrogens is 1. The average molecular weight is 250 g/mol. The van der Waals surface area contributed by atoms with Gasteiger partial charge in [-0.2, -0.15) is 10.2 Å². The maximum Gasteiger partial charge on any atom is 0.0780 e. The molecular formula is C15H14N4. The predicted molar refractivity (Wildman–Crippen MR) is 76.7 cm³/mol. The van der Waals surface area contributed by atoms with E-state index in [4.69, 9.17) is 0 Å². The van der Waals surface area contributed by atoms with Gasteiger partial charge < -0.3 is 0 Å². The number of nitrogens with zero attached hydrogens (tertiary/aromatic N) is 4. The molecule has 0 aromatic carbocycles. The molecule has 0 amide bonds. The molecule has 2 aliphatic heterocycles. The molecule has 0 spiro atoms. The molecule has 2 aliphatic rings. The van der Waals surface area contributed by atoms with Crippen molar-refractivity contribution in [2.75, 3.05) is 6.54 Å². The zero-order valence-corrected chi connectivity index (χ0v) is 10.4. The molecule has 4 nitrogen and oxygen atoms in total. The van der Waals surface area contributed by atoms with Gasteiger partial charge in [-0.05, 0) is 29.9 Å². The Morgan fingerprint density at radius 1 is 1.16 bits per heavy atom. The van der Waals surface area contributed by atoms with E-state index in [9.17, 15) is 0 Å². The van der Waals surface area contributed by atoms with E-state index in [0.29, 0.717) is 0 Å². The monoisotopic (exact) mass is 250 g/mol. The predicted octanol–water partition coefficient (Wildman–Crippen LogP) is 2.58. The second-order valence-electron chi connectivity index (χ2n) is 4.16. The molecule has 3 heterocycles. The number of hydrogen-bond donors (Lipinski definition) is 0. The summed E-state index contributed by atoms with van der Waals surface area (Å²) < 4.78 is 0. The topological polar surface area (TPSA) is 31.7 Å². The summed E-state index contributed by atoms with van der Waals surface area (Å²) in [6.45, 7) is 0.825. The van der Waals surface area contributed by atoms with Crippen molar-refractivity contribution < 1.29 is 0 Å². The fourth-order valence-corrected chi connectivity index (χ4v) is 1.85. The fourth-order valence-electron chi connectivity index (χ4n) is 1.85. The Kier molecular flexibility index (Phi) is 3.23. The Hall–Kier alpha value is -2.62. The molecule has 1 aromatic heterocycles. The smallest absolute Gasteiger partial charge is 0.0780 e. The number of rotatable bonds is 3. The van der Waals surface area contributed by atoms with Crippen molar-refractivity contribution in [1.29, 1.82) is 0 Å². The van der Waals surface area contributed by atoms with E-state index in [1.807, 2.05) is 65.0 Å². The second kappa shape index (κ2) is 5.35. The van der Waals surface area contributed by atoms with E-state index in [0.717, 1.165) is 17.8 Å². The molecule has 0 unspecified atom stereocenters. The molecule has 1 aromatic rings. The molecular weight excluding hydrogens is 236 g/mol. The minimum absolute atomic E-state index is 0.825. The van der Waals surface area contributed by atoms with Gasteiger partial charge in [0, 0.05) is 24.8 Å². The molecule has 0 atom stereocenters. The molecule has 0 aliphatic carbocycles. The molecule has 0 saturated carbocycles. The normalized spacial score (nSPS) is 17.6. The van der Waals surface area contributed by atoms with Crippen molar-refractivity contribution >= 4 is 12.3 Å². The third kappa shape index (κ3) is 2.80. The first-order chi connectivity index (χ1) is 9.42. The summed E-state index contributed by atoms with van der Waals surface area (Å²) in [5, 5.41) is 8.05. The van der Waals surface area contributed by atoms with Crippen LogP contribution in [0.2, 0.25) is 0 Å². The van der Waals surface area contributed by atoms with Gasteiger partial charge in [0.05, 0.1) is 12.2 Å². The van der Waals surface area contributed by atoms with Crippen LogP contribution in [0.1, 0.15) is 5.69 Å². The van der Waals surface area contributed by atoms with Crippen molar-refractivity contribution in [3.8, 4) is 0 Å². The highest BCUT2D eigenvalue weighted by Gasteiger charge is 2.14. The average Bonchev–Trinajstić information content (AvgIpc) is 2.92. The van der Waals surface area contributed by atoms with Crippen molar-refractivity contribution in [2.24, 2.45) is 5.10 Å². The minimum atomic E-state index is 0.825. The van der Waals surface area contributed by atoms with Crippen molar-refractivity contribution in [1.82, 2.24) is 15.1 Å². The molecule has 3 rings (SSSR count). The van der Waals surface area contributed by atoms with Crippen LogP contribution in [0.15, 0.2) is 71.8 Å². The summed E-state index contributed by atoms with van der Waals surface area (Å²) in [6.07, 6.45) is 17.8. The highest BCUT2D eigenvalue weighted by Crippen LogP contribution is 2.16. The number of hydrazone groups is 1. The van der Waals surface area contributed by atoms with E-state index in [1.165, 1.54) is 0 Å². The van der Waals surface area contributed by atoms with Crippen LogP contribution in [-0.4, -0.2) is 27.9 Å². The molecule has 0 radical (unpaired) electrons. The van der Waals surface area contributed by atoms with Crippen LogP contribution in [-0.2, 0) is 0 Å². The lowest BCUT2D eigenvalue weighted by molar-refractivity contribution is 0.118. The Balaban J connectivity index is 1.62. The third-order valence-corrected chi connectivity index (χ3v) is 2.78. The van der Waals surface area contributed by atoms with Crippen LogP contribution >= 0.6 is 0 Å². The molecule has 0 saturated heterocycles. The van der Waals surface area contributed by atoms with E-state index in [1.54, 1.807) is 6.20 Å². The quantitative estimate of drug-likeness (QED) is 0.773. The second-order valence-corrected chi connectivity index (χ2v) is 4.16. The summed E-state index contributed by atoms with van der Waals surface area (Å²) in [6, 6.07) is 5.86. The van der Waals surface area contributed by atoms with Gasteiger partial charge in [0.15, 0.2) is 0 Å². The molecule has 19 heavy (non-hydrogen) atoms. The number of allylic oxidation sites excluding steroid dienone is 5. The number of hydrazine groups is 1. The third-order valence-electron chi connectivity index (χ3n) is 2.78. The highest BCUT2D eigenvalue weighted by molar-refractivity contribution is 5.61. The van der Waals surface area contributed by atoms with Crippen LogP contribution in [0.3, 0.4) is 0 Å². The van der Waals surface area contributed by atoms with E-state index in [2.05, 4.69) is 22.4 Å². The summed E-state index contributed by atoms with van der Waals surface area (Å²) in [5.74, 6) is 0. The fraction of sp³-hybridized carbons (Fsp3) is 0.0667. The summed E-state index contributed by atoms with van der Waals surface area (Å²) in [7, 11) is 0. The van der Waals surface area contributed by atoms with Crippen LogP contribution in [0.25, 0.3) is 6.08 Å². The minimum Gasteiger partial charge on any atom is -0.267 e. The first kappa shape index (κ1) is 11.5. The zero-order chi connectivity index (χ0) is 12.9. The van der Waals surface area contributed by atoms with Crippen LogP contribution in [0.5, 0.6) is 0 Å². The summed E-state index contributed by atoms with van der Waals surface area (Å²) in [4.78, 5) is 4.23. The highest BCUT2D eigenvalue weighted by atomic mass is 15.8. The van der Waals surface area contributed by atoms with Crippen LogP contribution in [0, 0.1) is 0 Å². The molecule has 0 fully saturated rings. The molecule has 0 N–H and O–H groups in total. The lowest BCUT2D eigenvalue weighted by Gasteiger charge is -2.25. The van der Waals surface area contributed by atoms with Crippen molar-refractivity contribution in [3.63, 3.8) is 0 Å². The molecule has 94 valence electrons. The Morgan fingerprint density at radius 2 is 2.11 bits per heavy atom. The maximum absolute atomic E-state index is 4.23. The van der Waals surface area contributed by atoms with E-state index < -0.39 is 0 Å². The lowest BCUT2D eigenvalue weighted by Crippen LogP contribution is -2.28. The number of pyridine rings is 1. The SMILES string of the molecule is C(C=Cc1ccccn1)=CC1=CN2CC=NN2C=C1. The van der Waals surface area contributed by atoms with Crippen LogP contribution in [0.4, 0.5) is 0 Å². The van der Waals surface area contributed by atoms with Gasteiger partial charge in [-0.25, -0.2) is 0 Å². The van der Waals surface area contributed by atoms with Gasteiger partial charge in [-0.3, -0.25) is 9.99 Å². The van der Waals surface area contributed by atoms with Gasteiger partial charge in [-0.15, -0.1) is 0 Å². The Labute approximate surface area is 112 Å². The Morgan fingerprint density at radius 3 is 3.00 bits per heavy atom. The van der Waals surface area contributed by atoms with Crippen LogP contribution < -0.4 is 0 Å². The zero-order valence-electron chi connectivity index (χ0n) is 10.4. The lowest BCUT2D eigenvalue weighted by atomic mass is 10.2. The first-order valence-electron chi connectivity index (χ1n) is 6.16. The number of hydrogen-bond acceptors (Lipinski definition) is 4. The largest absolute Gasteiger partial charge is 0.267 e. The van der Waals surface area contributed by atoms with Gasteiger partial charge in [0.2, 0.25) is 0 Å². The van der Waals surface area contributed by atoms with Gasteiger partial charge >= 0.3 is 0 Å².